The highest BCUT2D eigenvalue weighted by Crippen LogP contribution is 2.37. The maximum absolute atomic E-state index is 13.1. The smallest absolute Gasteiger partial charge is 0.231 e. The van der Waals surface area contributed by atoms with Crippen LogP contribution in [0.2, 0.25) is 0 Å². The van der Waals surface area contributed by atoms with Gasteiger partial charge >= 0.3 is 0 Å². The summed E-state index contributed by atoms with van der Waals surface area (Å²) in [5.41, 5.74) is 1.80. The Labute approximate surface area is 193 Å². The summed E-state index contributed by atoms with van der Waals surface area (Å²) in [6.45, 7) is 3.01. The summed E-state index contributed by atoms with van der Waals surface area (Å²) in [6.07, 6.45) is 2.51. The lowest BCUT2D eigenvalue weighted by Crippen LogP contribution is -2.40. The number of carbonyl (C=O) groups is 2. The van der Waals surface area contributed by atoms with Gasteiger partial charge < -0.3 is 24.4 Å². The number of hydrogen-bond acceptors (Lipinski definition) is 6. The van der Waals surface area contributed by atoms with Crippen molar-refractivity contribution in [1.82, 2.24) is 10.2 Å². The Bertz CT molecular complexity index is 1040. The molecule has 2 atom stereocenters. The number of nitrogens with zero attached hydrogens (tertiary/aromatic N) is 2. The second-order valence-electron chi connectivity index (χ2n) is 8.69. The number of hydrogen-bond donors (Lipinski definition) is 1. The van der Waals surface area contributed by atoms with Crippen molar-refractivity contribution in [3.05, 3.63) is 48.0 Å². The number of carbonyl (C=O) groups excluding carboxylic acids is 2. The van der Waals surface area contributed by atoms with Crippen LogP contribution in [-0.2, 0) is 9.59 Å². The quantitative estimate of drug-likeness (QED) is 0.697. The predicted octanol–water partition coefficient (Wildman–Crippen LogP) is 2.73. The largest absolute Gasteiger partial charge is 0.496 e. The summed E-state index contributed by atoms with van der Waals surface area (Å²) >= 11 is 0. The van der Waals surface area contributed by atoms with Gasteiger partial charge in [-0.25, -0.2) is 0 Å². The Kier molecular flexibility index (Phi) is 6.09. The molecule has 3 heterocycles. The van der Waals surface area contributed by atoms with Crippen LogP contribution < -0.4 is 24.4 Å². The number of para-hydroxylation sites is 1. The molecule has 0 bridgehead atoms. The van der Waals surface area contributed by atoms with Gasteiger partial charge in [0.05, 0.1) is 19.1 Å². The molecule has 2 amide bonds. The molecule has 8 nitrogen and oxygen atoms in total. The van der Waals surface area contributed by atoms with Crippen molar-refractivity contribution >= 4 is 17.5 Å². The van der Waals surface area contributed by atoms with E-state index in [4.69, 9.17) is 14.2 Å². The molecule has 1 N–H and O–H groups in total. The first kappa shape index (κ1) is 21.6. The van der Waals surface area contributed by atoms with Gasteiger partial charge in [-0.3, -0.25) is 14.5 Å². The molecule has 2 aromatic carbocycles. The maximum Gasteiger partial charge on any atom is 0.231 e. The first-order valence-electron chi connectivity index (χ1n) is 11.5. The van der Waals surface area contributed by atoms with Crippen LogP contribution in [0.15, 0.2) is 42.5 Å². The molecular formula is C25H29N3O5. The number of benzene rings is 2. The minimum Gasteiger partial charge on any atom is -0.496 e. The van der Waals surface area contributed by atoms with Crippen LogP contribution in [0.25, 0.3) is 0 Å². The summed E-state index contributed by atoms with van der Waals surface area (Å²) in [5.74, 6) is 1.58. The lowest BCUT2D eigenvalue weighted by atomic mass is 10.0. The second kappa shape index (κ2) is 9.31. The van der Waals surface area contributed by atoms with Gasteiger partial charge in [-0.05, 0) is 44.1 Å². The van der Waals surface area contributed by atoms with Crippen LogP contribution in [0.5, 0.6) is 17.2 Å². The van der Waals surface area contributed by atoms with E-state index >= 15 is 0 Å². The molecule has 3 aliphatic heterocycles. The van der Waals surface area contributed by atoms with E-state index in [-0.39, 0.29) is 37.0 Å². The van der Waals surface area contributed by atoms with E-state index in [1.165, 1.54) is 0 Å². The minimum absolute atomic E-state index is 0.0367. The normalized spacial score (nSPS) is 20.8. The van der Waals surface area contributed by atoms with E-state index in [2.05, 4.69) is 16.3 Å². The Hall–Kier alpha value is -3.26. The highest BCUT2D eigenvalue weighted by atomic mass is 16.7. The van der Waals surface area contributed by atoms with E-state index in [1.807, 2.05) is 24.3 Å². The monoisotopic (exact) mass is 451 g/mol. The Morgan fingerprint density at radius 3 is 2.76 bits per heavy atom. The fraction of sp³-hybridized carbons (Fsp3) is 0.440. The number of ether oxygens (including phenoxy) is 3. The maximum atomic E-state index is 13.1. The van der Waals surface area contributed by atoms with E-state index in [0.29, 0.717) is 24.6 Å². The molecule has 0 saturated carbocycles. The fourth-order valence-corrected chi connectivity index (χ4v) is 4.96. The summed E-state index contributed by atoms with van der Waals surface area (Å²) in [4.78, 5) is 29.8. The van der Waals surface area contributed by atoms with E-state index in [0.717, 1.165) is 42.9 Å². The molecule has 2 saturated heterocycles. The van der Waals surface area contributed by atoms with Crippen molar-refractivity contribution in [1.29, 1.82) is 0 Å². The van der Waals surface area contributed by atoms with Crippen LogP contribution >= 0.6 is 0 Å². The molecule has 33 heavy (non-hydrogen) atoms. The summed E-state index contributed by atoms with van der Waals surface area (Å²) in [7, 11) is 1.67. The second-order valence-corrected chi connectivity index (χ2v) is 8.69. The number of nitrogens with one attached hydrogen (secondary N) is 1. The van der Waals surface area contributed by atoms with Crippen LogP contribution in [0, 0.1) is 5.92 Å². The molecule has 2 aromatic rings. The van der Waals surface area contributed by atoms with Crippen molar-refractivity contribution in [2.24, 2.45) is 5.92 Å². The van der Waals surface area contributed by atoms with Gasteiger partial charge in [-0.2, -0.15) is 0 Å². The first-order valence-corrected chi connectivity index (χ1v) is 11.5. The number of amides is 2. The highest BCUT2D eigenvalue weighted by Gasteiger charge is 2.36. The number of methoxy groups -OCH3 is 1. The van der Waals surface area contributed by atoms with E-state index in [9.17, 15) is 9.59 Å². The Morgan fingerprint density at radius 1 is 1.15 bits per heavy atom. The third-order valence-electron chi connectivity index (χ3n) is 6.71. The predicted molar refractivity (Wildman–Crippen MR) is 123 cm³/mol. The third-order valence-corrected chi connectivity index (χ3v) is 6.71. The molecule has 5 rings (SSSR count). The SMILES string of the molecule is COc1ccccc1C(CNC(=O)C1CC(=O)N(c2ccc3c(c2)OCO3)C1)N1CCCC1. The van der Waals surface area contributed by atoms with Gasteiger partial charge in [-0.15, -0.1) is 0 Å². The lowest BCUT2D eigenvalue weighted by Gasteiger charge is -2.29. The zero-order valence-corrected chi connectivity index (χ0v) is 18.8. The molecule has 8 heteroatoms. The van der Waals surface area contributed by atoms with Crippen LogP contribution in [0.1, 0.15) is 30.9 Å². The highest BCUT2D eigenvalue weighted by molar-refractivity contribution is 6.00. The number of likely N-dealkylation sites (tertiary alicyclic amines) is 1. The minimum atomic E-state index is -0.389. The van der Waals surface area contributed by atoms with Crippen molar-refractivity contribution in [2.45, 2.75) is 25.3 Å². The average Bonchev–Trinajstić information content (AvgIpc) is 3.60. The van der Waals surface area contributed by atoms with E-state index in [1.54, 1.807) is 24.1 Å². The summed E-state index contributed by atoms with van der Waals surface area (Å²) < 4.78 is 16.4. The molecule has 0 aliphatic carbocycles. The van der Waals surface area contributed by atoms with Gasteiger partial charge in [-0.1, -0.05) is 18.2 Å². The molecule has 2 unspecified atom stereocenters. The third kappa shape index (κ3) is 4.35. The number of anilines is 1. The van der Waals surface area contributed by atoms with Gasteiger partial charge in [0.1, 0.15) is 5.75 Å². The molecule has 3 aliphatic rings. The topological polar surface area (TPSA) is 80.3 Å². The molecule has 0 spiro atoms. The van der Waals surface area contributed by atoms with Gasteiger partial charge in [0.2, 0.25) is 18.6 Å². The zero-order valence-electron chi connectivity index (χ0n) is 18.8. The average molecular weight is 452 g/mol. The fourth-order valence-electron chi connectivity index (χ4n) is 4.96. The standard InChI is InChI=1S/C25H29N3O5/c1-31-21-7-3-2-6-19(21)20(27-10-4-5-11-27)14-26-25(30)17-12-24(29)28(15-17)18-8-9-22-23(13-18)33-16-32-22/h2-3,6-9,13,17,20H,4-5,10-12,14-16H2,1H3,(H,26,30). The Morgan fingerprint density at radius 2 is 1.94 bits per heavy atom. The van der Waals surface area contributed by atoms with Gasteiger partial charge in [0, 0.05) is 36.8 Å². The summed E-state index contributed by atoms with van der Waals surface area (Å²) in [5, 5.41) is 3.13. The number of fused-ring (bicyclic) bond motifs is 1. The van der Waals surface area contributed by atoms with Crippen LogP contribution in [-0.4, -0.2) is 56.8 Å². The lowest BCUT2D eigenvalue weighted by molar-refractivity contribution is -0.126. The molecule has 174 valence electrons. The van der Waals surface area contributed by atoms with Crippen molar-refractivity contribution in [2.75, 3.05) is 45.0 Å². The number of rotatable bonds is 7. The zero-order chi connectivity index (χ0) is 22.8. The van der Waals surface area contributed by atoms with Crippen LogP contribution in [0.3, 0.4) is 0 Å². The summed E-state index contributed by atoms with van der Waals surface area (Å²) in [6, 6.07) is 13.4. The molecule has 0 aromatic heterocycles. The van der Waals surface area contributed by atoms with Crippen LogP contribution in [0.4, 0.5) is 5.69 Å². The molecular weight excluding hydrogens is 422 g/mol. The van der Waals surface area contributed by atoms with Crippen molar-refractivity contribution < 1.29 is 23.8 Å². The van der Waals surface area contributed by atoms with Crippen molar-refractivity contribution in [3.8, 4) is 17.2 Å². The van der Waals surface area contributed by atoms with E-state index < -0.39 is 0 Å². The van der Waals surface area contributed by atoms with Gasteiger partial charge in [0.25, 0.3) is 0 Å². The molecule has 2 fully saturated rings. The molecule has 0 radical (unpaired) electrons. The van der Waals surface area contributed by atoms with Crippen molar-refractivity contribution in [3.63, 3.8) is 0 Å². The van der Waals surface area contributed by atoms with Gasteiger partial charge in [0.15, 0.2) is 11.5 Å². The first-order chi connectivity index (χ1) is 16.1. The Balaban J connectivity index is 1.26.